The highest BCUT2D eigenvalue weighted by Crippen LogP contribution is 2.18. The van der Waals surface area contributed by atoms with Gasteiger partial charge < -0.3 is 0 Å². The minimum Gasteiger partial charge on any atom is -0.0651 e. The first-order valence-electron chi connectivity index (χ1n) is 16.6. The molecular weight excluding hydrogens is 420 g/mol. The maximum absolute atomic E-state index is 2.38. The molecule has 0 amide bonds. The third kappa shape index (κ3) is 34.0. The van der Waals surface area contributed by atoms with Crippen LogP contribution in [0, 0.1) is 35.5 Å². The molecule has 0 rings (SSSR count). The quantitative estimate of drug-likeness (QED) is 0.147. The summed E-state index contributed by atoms with van der Waals surface area (Å²) in [7, 11) is 0. The van der Waals surface area contributed by atoms with Gasteiger partial charge in [-0.25, -0.2) is 0 Å². The fourth-order valence-corrected chi connectivity index (χ4v) is 4.17. The molecule has 0 aromatic rings. The van der Waals surface area contributed by atoms with E-state index in [4.69, 9.17) is 0 Å². The van der Waals surface area contributed by atoms with Gasteiger partial charge in [-0.2, -0.15) is 0 Å². The summed E-state index contributed by atoms with van der Waals surface area (Å²) < 4.78 is 0. The topological polar surface area (TPSA) is 0 Å². The van der Waals surface area contributed by atoms with Crippen LogP contribution in [0.4, 0.5) is 0 Å². The molecule has 0 aliphatic heterocycles. The average molecular weight is 497 g/mol. The number of hydrogen-bond acceptors (Lipinski definition) is 0. The SMILES string of the molecule is CCC(C)CC(C)CC.CCC(C)CCCC(C)CC.CCC(C)CCCCCCCC(C)CC. The lowest BCUT2D eigenvalue weighted by molar-refractivity contribution is 0.397. The molecular formula is C35H76. The van der Waals surface area contributed by atoms with Crippen LogP contribution < -0.4 is 0 Å². The summed E-state index contributed by atoms with van der Waals surface area (Å²) in [5, 5.41) is 0. The zero-order valence-electron chi connectivity index (χ0n) is 27.5. The monoisotopic (exact) mass is 497 g/mol. The van der Waals surface area contributed by atoms with Crippen molar-refractivity contribution < 1.29 is 0 Å². The Bertz CT molecular complexity index is 327. The van der Waals surface area contributed by atoms with Crippen LogP contribution in [0.2, 0.25) is 0 Å². The molecule has 6 unspecified atom stereocenters. The van der Waals surface area contributed by atoms with Crippen molar-refractivity contribution >= 4 is 0 Å². The number of unbranched alkanes of at least 4 members (excludes halogenated alkanes) is 4. The first-order chi connectivity index (χ1) is 16.6. The molecule has 35 heavy (non-hydrogen) atoms. The normalized spacial score (nSPS) is 16.1. The Labute approximate surface area is 227 Å². The molecule has 0 aliphatic carbocycles. The second kappa shape index (κ2) is 30.2. The van der Waals surface area contributed by atoms with E-state index in [-0.39, 0.29) is 0 Å². The van der Waals surface area contributed by atoms with E-state index in [9.17, 15) is 0 Å². The summed E-state index contributed by atoms with van der Waals surface area (Å²) in [5.74, 6) is 5.65. The maximum Gasteiger partial charge on any atom is -0.0443 e. The Hall–Kier alpha value is 0. The molecule has 0 N–H and O–H groups in total. The van der Waals surface area contributed by atoms with Gasteiger partial charge in [0.25, 0.3) is 0 Å². The molecule has 0 nitrogen and oxygen atoms in total. The van der Waals surface area contributed by atoms with Crippen molar-refractivity contribution in [2.45, 2.75) is 192 Å². The zero-order chi connectivity index (χ0) is 27.5. The molecule has 0 radical (unpaired) electrons. The second-order valence-corrected chi connectivity index (χ2v) is 12.6. The van der Waals surface area contributed by atoms with Gasteiger partial charge >= 0.3 is 0 Å². The Balaban J connectivity index is -0.000000456. The summed E-state index contributed by atoms with van der Waals surface area (Å²) in [4.78, 5) is 0. The van der Waals surface area contributed by atoms with Gasteiger partial charge in [-0.3, -0.25) is 0 Å². The molecule has 0 fully saturated rings. The summed E-state index contributed by atoms with van der Waals surface area (Å²) in [5.41, 5.74) is 0. The first-order valence-corrected chi connectivity index (χ1v) is 16.6. The number of rotatable bonds is 20. The Morgan fingerprint density at radius 1 is 0.286 bits per heavy atom. The number of hydrogen-bond donors (Lipinski definition) is 0. The van der Waals surface area contributed by atoms with Crippen LogP contribution in [0.25, 0.3) is 0 Å². The Kier molecular flexibility index (Phi) is 34.1. The average Bonchev–Trinajstić information content (AvgIpc) is 2.87. The van der Waals surface area contributed by atoms with E-state index in [1.165, 1.54) is 109 Å². The molecule has 0 aromatic heterocycles. The lowest BCUT2D eigenvalue weighted by Crippen LogP contribution is -2.00. The van der Waals surface area contributed by atoms with Crippen molar-refractivity contribution in [1.82, 2.24) is 0 Å². The highest BCUT2D eigenvalue weighted by Gasteiger charge is 2.04. The van der Waals surface area contributed by atoms with Crippen molar-refractivity contribution in [1.29, 1.82) is 0 Å². The molecule has 216 valence electrons. The summed E-state index contributed by atoms with van der Waals surface area (Å²) in [6, 6.07) is 0. The molecule has 0 spiro atoms. The highest BCUT2D eigenvalue weighted by atomic mass is 14.1. The molecule has 0 aromatic carbocycles. The smallest absolute Gasteiger partial charge is 0.0443 e. The van der Waals surface area contributed by atoms with Crippen molar-refractivity contribution in [3.8, 4) is 0 Å². The van der Waals surface area contributed by atoms with Gasteiger partial charge in [-0.15, -0.1) is 0 Å². The van der Waals surface area contributed by atoms with Crippen LogP contribution in [0.15, 0.2) is 0 Å². The van der Waals surface area contributed by atoms with Crippen LogP contribution in [-0.4, -0.2) is 0 Å². The standard InChI is InChI=1S/C15H32.C11H24.C9H20/c1-5-14(3)12-10-8-7-9-11-13-15(4)6-2;1-5-10(3)8-7-9-11(4)6-2;1-5-8(3)7-9(4)6-2/h14-15H,5-13H2,1-4H3;10-11H,5-9H2,1-4H3;8-9H,5-7H2,1-4H3. The Morgan fingerprint density at radius 3 is 0.771 bits per heavy atom. The minimum atomic E-state index is 0.931. The van der Waals surface area contributed by atoms with Crippen LogP contribution in [0.5, 0.6) is 0 Å². The maximum atomic E-state index is 2.38. The molecule has 0 aliphatic rings. The Morgan fingerprint density at radius 2 is 0.514 bits per heavy atom. The van der Waals surface area contributed by atoms with E-state index in [1.807, 2.05) is 0 Å². The largest absolute Gasteiger partial charge is 0.0651 e. The van der Waals surface area contributed by atoms with Crippen molar-refractivity contribution in [3.63, 3.8) is 0 Å². The van der Waals surface area contributed by atoms with Gasteiger partial charge in [0.2, 0.25) is 0 Å². The molecule has 0 saturated heterocycles. The van der Waals surface area contributed by atoms with E-state index in [0.717, 1.165) is 35.5 Å². The van der Waals surface area contributed by atoms with Crippen molar-refractivity contribution in [2.24, 2.45) is 35.5 Å². The van der Waals surface area contributed by atoms with Gasteiger partial charge in [-0.1, -0.05) is 186 Å². The van der Waals surface area contributed by atoms with E-state index in [2.05, 4.69) is 83.1 Å². The van der Waals surface area contributed by atoms with E-state index in [1.54, 1.807) is 0 Å². The predicted molar refractivity (Wildman–Crippen MR) is 168 cm³/mol. The third-order valence-electron chi connectivity index (χ3n) is 8.77. The van der Waals surface area contributed by atoms with Gasteiger partial charge in [0, 0.05) is 0 Å². The second-order valence-electron chi connectivity index (χ2n) is 12.6. The van der Waals surface area contributed by atoms with Gasteiger partial charge in [0.1, 0.15) is 0 Å². The summed E-state index contributed by atoms with van der Waals surface area (Å²) in [6.45, 7) is 27.9. The van der Waals surface area contributed by atoms with Crippen LogP contribution in [0.1, 0.15) is 192 Å². The molecule has 0 heterocycles. The van der Waals surface area contributed by atoms with Gasteiger partial charge in [0.15, 0.2) is 0 Å². The zero-order valence-corrected chi connectivity index (χ0v) is 27.5. The van der Waals surface area contributed by atoms with Crippen LogP contribution in [0.3, 0.4) is 0 Å². The molecule has 0 bridgehead atoms. The van der Waals surface area contributed by atoms with Crippen LogP contribution in [-0.2, 0) is 0 Å². The fraction of sp³-hybridized carbons (Fsp3) is 1.00. The minimum absolute atomic E-state index is 0.931. The predicted octanol–water partition coefficient (Wildman–Crippen LogP) is 13.5. The van der Waals surface area contributed by atoms with Crippen LogP contribution >= 0.6 is 0 Å². The highest BCUT2D eigenvalue weighted by molar-refractivity contribution is 4.56. The van der Waals surface area contributed by atoms with Crippen molar-refractivity contribution in [2.75, 3.05) is 0 Å². The summed E-state index contributed by atoms with van der Waals surface area (Å²) in [6.07, 6.45) is 24.0. The lowest BCUT2D eigenvalue weighted by Gasteiger charge is -2.12. The fourth-order valence-electron chi connectivity index (χ4n) is 4.17. The lowest BCUT2D eigenvalue weighted by atomic mass is 9.94. The first kappa shape index (κ1) is 39.5. The molecule has 0 saturated carbocycles. The van der Waals surface area contributed by atoms with E-state index >= 15 is 0 Å². The van der Waals surface area contributed by atoms with E-state index < -0.39 is 0 Å². The van der Waals surface area contributed by atoms with E-state index in [0.29, 0.717) is 0 Å². The van der Waals surface area contributed by atoms with Crippen molar-refractivity contribution in [3.05, 3.63) is 0 Å². The van der Waals surface area contributed by atoms with Gasteiger partial charge in [0.05, 0.1) is 0 Å². The summed E-state index contributed by atoms with van der Waals surface area (Å²) >= 11 is 0. The molecule has 6 atom stereocenters. The molecule has 0 heteroatoms. The van der Waals surface area contributed by atoms with Gasteiger partial charge in [-0.05, 0) is 41.9 Å². The third-order valence-corrected chi connectivity index (χ3v) is 8.77.